The molecule has 106 valence electrons. The third kappa shape index (κ3) is 2.97. The fourth-order valence-corrected chi connectivity index (χ4v) is 2.95. The van der Waals surface area contributed by atoms with Crippen molar-refractivity contribution in [1.82, 2.24) is 4.90 Å². The Hall–Kier alpha value is -1.93. The summed E-state index contributed by atoms with van der Waals surface area (Å²) in [4.78, 5) is 12.7. The standard InChI is InChI=1S/C15H19N3O2/c1-2-13-7-3-4-9-17(13)15(11-16)12-6-5-8-14(10-12)18(19)20/h5-6,8,10,13,15H,2-4,7,9H2,1H3. The zero-order valence-corrected chi connectivity index (χ0v) is 11.7. The van der Waals surface area contributed by atoms with Crippen molar-refractivity contribution >= 4 is 5.69 Å². The van der Waals surface area contributed by atoms with E-state index in [0.717, 1.165) is 31.4 Å². The lowest BCUT2D eigenvalue weighted by molar-refractivity contribution is -0.384. The molecule has 5 heteroatoms. The summed E-state index contributed by atoms with van der Waals surface area (Å²) in [6.45, 7) is 3.02. The first kappa shape index (κ1) is 14.5. The van der Waals surface area contributed by atoms with E-state index in [1.165, 1.54) is 18.6 Å². The predicted molar refractivity (Wildman–Crippen MR) is 76.1 cm³/mol. The minimum atomic E-state index is -0.411. The number of nitrogens with zero attached hydrogens (tertiary/aromatic N) is 3. The number of rotatable bonds is 4. The third-order valence-corrected chi connectivity index (χ3v) is 3.99. The average molecular weight is 273 g/mol. The molecular formula is C15H19N3O2. The van der Waals surface area contributed by atoms with Gasteiger partial charge in [0.25, 0.3) is 5.69 Å². The van der Waals surface area contributed by atoms with E-state index in [4.69, 9.17) is 0 Å². The molecule has 1 aromatic rings. The second kappa shape index (κ2) is 6.49. The minimum absolute atomic E-state index is 0.0489. The first-order valence-electron chi connectivity index (χ1n) is 7.07. The molecule has 0 aromatic heterocycles. The lowest BCUT2D eigenvalue weighted by atomic mass is 9.95. The van der Waals surface area contributed by atoms with Gasteiger partial charge in [-0.3, -0.25) is 15.0 Å². The van der Waals surface area contributed by atoms with Gasteiger partial charge < -0.3 is 0 Å². The highest BCUT2D eigenvalue weighted by Gasteiger charge is 2.29. The summed E-state index contributed by atoms with van der Waals surface area (Å²) < 4.78 is 0. The first-order valence-corrected chi connectivity index (χ1v) is 7.07. The van der Waals surface area contributed by atoms with Gasteiger partial charge in [-0.25, -0.2) is 0 Å². The van der Waals surface area contributed by atoms with Crippen molar-refractivity contribution in [1.29, 1.82) is 5.26 Å². The monoisotopic (exact) mass is 273 g/mol. The van der Waals surface area contributed by atoms with E-state index in [1.807, 2.05) is 6.07 Å². The van der Waals surface area contributed by atoms with Gasteiger partial charge >= 0.3 is 0 Å². The van der Waals surface area contributed by atoms with Gasteiger partial charge in [0.2, 0.25) is 0 Å². The second-order valence-corrected chi connectivity index (χ2v) is 5.18. The maximum Gasteiger partial charge on any atom is 0.269 e. The molecule has 0 spiro atoms. The molecule has 0 amide bonds. The van der Waals surface area contributed by atoms with Crippen LogP contribution in [0.4, 0.5) is 5.69 Å². The number of hydrogen-bond acceptors (Lipinski definition) is 4. The summed E-state index contributed by atoms with van der Waals surface area (Å²) >= 11 is 0. The molecule has 1 saturated heterocycles. The number of piperidine rings is 1. The Morgan fingerprint density at radius 3 is 3.00 bits per heavy atom. The predicted octanol–water partition coefficient (Wildman–Crippen LogP) is 3.42. The van der Waals surface area contributed by atoms with Gasteiger partial charge in [0.05, 0.1) is 11.0 Å². The van der Waals surface area contributed by atoms with Crippen LogP contribution in [0, 0.1) is 21.4 Å². The smallest absolute Gasteiger partial charge is 0.269 e. The van der Waals surface area contributed by atoms with Gasteiger partial charge in [0, 0.05) is 24.7 Å². The number of non-ortho nitro benzene ring substituents is 1. The van der Waals surface area contributed by atoms with Crippen LogP contribution in [-0.4, -0.2) is 22.4 Å². The molecule has 1 aliphatic heterocycles. The van der Waals surface area contributed by atoms with E-state index in [9.17, 15) is 15.4 Å². The van der Waals surface area contributed by atoms with Gasteiger partial charge in [0.1, 0.15) is 6.04 Å². The van der Waals surface area contributed by atoms with Gasteiger partial charge in [-0.1, -0.05) is 25.5 Å². The number of benzene rings is 1. The van der Waals surface area contributed by atoms with Crippen LogP contribution in [0.3, 0.4) is 0 Å². The average Bonchev–Trinajstić information content (AvgIpc) is 2.49. The fraction of sp³-hybridized carbons (Fsp3) is 0.533. The van der Waals surface area contributed by atoms with Crippen molar-refractivity contribution in [2.75, 3.05) is 6.54 Å². The van der Waals surface area contributed by atoms with Gasteiger partial charge in [-0.15, -0.1) is 0 Å². The zero-order chi connectivity index (χ0) is 14.5. The molecule has 0 bridgehead atoms. The largest absolute Gasteiger partial charge is 0.281 e. The normalized spacial score (nSPS) is 21.1. The lowest BCUT2D eigenvalue weighted by Crippen LogP contribution is -2.41. The van der Waals surface area contributed by atoms with Crippen molar-refractivity contribution < 1.29 is 4.92 Å². The fourth-order valence-electron chi connectivity index (χ4n) is 2.95. The van der Waals surface area contributed by atoms with Gasteiger partial charge in [0.15, 0.2) is 0 Å². The molecule has 1 aromatic carbocycles. The van der Waals surface area contributed by atoms with E-state index in [0.29, 0.717) is 6.04 Å². The Bertz CT molecular complexity index is 524. The minimum Gasteiger partial charge on any atom is -0.281 e. The Kier molecular flexibility index (Phi) is 4.70. The Labute approximate surface area is 119 Å². The summed E-state index contributed by atoms with van der Waals surface area (Å²) in [5, 5.41) is 20.4. The van der Waals surface area contributed by atoms with Crippen LogP contribution >= 0.6 is 0 Å². The third-order valence-electron chi connectivity index (χ3n) is 3.99. The number of nitriles is 1. The molecule has 0 radical (unpaired) electrons. The maximum absolute atomic E-state index is 10.9. The molecule has 5 nitrogen and oxygen atoms in total. The molecule has 2 rings (SSSR count). The first-order chi connectivity index (χ1) is 9.67. The van der Waals surface area contributed by atoms with Crippen LogP contribution in [0.25, 0.3) is 0 Å². The highest BCUT2D eigenvalue weighted by atomic mass is 16.6. The van der Waals surface area contributed by atoms with Crippen LogP contribution in [-0.2, 0) is 0 Å². The summed E-state index contributed by atoms with van der Waals surface area (Å²) in [6, 6.07) is 8.78. The van der Waals surface area contributed by atoms with Gasteiger partial charge in [-0.05, 0) is 24.8 Å². The van der Waals surface area contributed by atoms with E-state index >= 15 is 0 Å². The summed E-state index contributed by atoms with van der Waals surface area (Å²) in [7, 11) is 0. The number of likely N-dealkylation sites (tertiary alicyclic amines) is 1. The van der Waals surface area contributed by atoms with Crippen LogP contribution in [0.2, 0.25) is 0 Å². The zero-order valence-electron chi connectivity index (χ0n) is 11.7. The van der Waals surface area contributed by atoms with Crippen LogP contribution < -0.4 is 0 Å². The van der Waals surface area contributed by atoms with E-state index in [-0.39, 0.29) is 11.7 Å². The SMILES string of the molecule is CCC1CCCCN1C(C#N)c1cccc([N+](=O)[O-])c1. The van der Waals surface area contributed by atoms with E-state index < -0.39 is 4.92 Å². The van der Waals surface area contributed by atoms with Crippen molar-refractivity contribution in [2.45, 2.75) is 44.7 Å². The van der Waals surface area contributed by atoms with Crippen molar-refractivity contribution in [3.05, 3.63) is 39.9 Å². The van der Waals surface area contributed by atoms with Crippen LogP contribution in [0.15, 0.2) is 24.3 Å². The molecule has 2 unspecified atom stereocenters. The molecule has 1 heterocycles. The highest BCUT2D eigenvalue weighted by molar-refractivity contribution is 5.37. The number of hydrogen-bond donors (Lipinski definition) is 0. The molecular weight excluding hydrogens is 254 g/mol. The molecule has 20 heavy (non-hydrogen) atoms. The molecule has 0 N–H and O–H groups in total. The molecule has 1 fully saturated rings. The van der Waals surface area contributed by atoms with Crippen LogP contribution in [0.5, 0.6) is 0 Å². The Morgan fingerprint density at radius 1 is 1.55 bits per heavy atom. The van der Waals surface area contributed by atoms with Crippen molar-refractivity contribution in [3.8, 4) is 6.07 Å². The van der Waals surface area contributed by atoms with Crippen molar-refractivity contribution in [2.24, 2.45) is 0 Å². The summed E-state index contributed by atoms with van der Waals surface area (Å²) in [5.41, 5.74) is 0.773. The number of nitro groups is 1. The Balaban J connectivity index is 2.29. The second-order valence-electron chi connectivity index (χ2n) is 5.18. The molecule has 0 aliphatic carbocycles. The maximum atomic E-state index is 10.9. The Morgan fingerprint density at radius 2 is 2.35 bits per heavy atom. The van der Waals surface area contributed by atoms with E-state index in [1.54, 1.807) is 6.07 Å². The quantitative estimate of drug-likeness (QED) is 0.622. The van der Waals surface area contributed by atoms with Crippen LogP contribution in [0.1, 0.15) is 44.2 Å². The molecule has 2 atom stereocenters. The molecule has 1 aliphatic rings. The van der Waals surface area contributed by atoms with Gasteiger partial charge in [-0.2, -0.15) is 5.26 Å². The summed E-state index contributed by atoms with van der Waals surface area (Å²) in [5.74, 6) is 0. The molecule has 0 saturated carbocycles. The lowest BCUT2D eigenvalue weighted by Gasteiger charge is -2.38. The summed E-state index contributed by atoms with van der Waals surface area (Å²) in [6.07, 6.45) is 4.39. The highest BCUT2D eigenvalue weighted by Crippen LogP contribution is 2.31. The van der Waals surface area contributed by atoms with E-state index in [2.05, 4.69) is 17.9 Å². The number of nitro benzene ring substituents is 1. The van der Waals surface area contributed by atoms with Crippen molar-refractivity contribution in [3.63, 3.8) is 0 Å². The topological polar surface area (TPSA) is 70.2 Å².